The number of nitrogens with zero attached hydrogens (tertiary/aromatic N) is 1. The van der Waals surface area contributed by atoms with Crippen LogP contribution in [-0.4, -0.2) is 0 Å². The molecule has 0 bridgehead atoms. The molecule has 0 fully saturated rings. The number of hydrogen-bond acceptors (Lipinski definition) is 1. The minimum absolute atomic E-state index is 0.0520. The Balaban J connectivity index is 1.88. The van der Waals surface area contributed by atoms with Gasteiger partial charge in [-0.05, 0) is 101 Å². The second kappa shape index (κ2) is 7.29. The molecule has 160 valence electrons. The van der Waals surface area contributed by atoms with Crippen molar-refractivity contribution in [3.8, 4) is 0 Å². The summed E-state index contributed by atoms with van der Waals surface area (Å²) in [5, 5.41) is 0.649. The van der Waals surface area contributed by atoms with Crippen LogP contribution in [0, 0.1) is 10.8 Å². The SMILES string of the molecule is [2H]c1c([2H])c(N(c2cc(Cl)cc(Cl)c2)c2c([2H])c([2H])c3c(c2[2H])CC(C)(C)C3)c([2H])c2c1CC(C)(C)C2. The van der Waals surface area contributed by atoms with E-state index >= 15 is 0 Å². The first-order chi connectivity index (χ1) is 17.1. The van der Waals surface area contributed by atoms with E-state index < -0.39 is 0 Å². The van der Waals surface area contributed by atoms with Gasteiger partial charge in [0.1, 0.15) is 0 Å². The maximum atomic E-state index is 9.21. The molecule has 0 aliphatic heterocycles. The fraction of sp³-hybridized carbons (Fsp3) is 0.357. The minimum Gasteiger partial charge on any atom is -0.310 e. The topological polar surface area (TPSA) is 3.24 Å². The lowest BCUT2D eigenvalue weighted by atomic mass is 9.90. The van der Waals surface area contributed by atoms with Gasteiger partial charge in [0, 0.05) is 27.1 Å². The van der Waals surface area contributed by atoms with E-state index in [-0.39, 0.29) is 58.5 Å². The van der Waals surface area contributed by atoms with Crippen LogP contribution >= 0.6 is 23.2 Å². The average molecular weight is 456 g/mol. The van der Waals surface area contributed by atoms with Gasteiger partial charge in [0.2, 0.25) is 0 Å². The van der Waals surface area contributed by atoms with Gasteiger partial charge in [0.15, 0.2) is 0 Å². The Kier molecular flexibility index (Phi) is 3.52. The number of fused-ring (bicyclic) bond motifs is 2. The summed E-state index contributed by atoms with van der Waals surface area (Å²) >= 11 is 12.8. The van der Waals surface area contributed by atoms with Gasteiger partial charge in [0.05, 0.1) is 8.22 Å². The third-order valence-electron chi connectivity index (χ3n) is 6.10. The quantitative estimate of drug-likeness (QED) is 0.381. The van der Waals surface area contributed by atoms with Crippen molar-refractivity contribution in [2.24, 2.45) is 10.8 Å². The summed E-state index contributed by atoms with van der Waals surface area (Å²) < 4.78 is 54.1. The molecule has 0 saturated heterocycles. The molecular formula is C28H29Cl2N. The van der Waals surface area contributed by atoms with Gasteiger partial charge in [-0.25, -0.2) is 0 Å². The Hall–Kier alpha value is -1.96. The first kappa shape index (κ1) is 15.0. The highest BCUT2D eigenvalue weighted by atomic mass is 35.5. The first-order valence-corrected chi connectivity index (χ1v) is 11.4. The van der Waals surface area contributed by atoms with E-state index in [9.17, 15) is 2.74 Å². The van der Waals surface area contributed by atoms with E-state index in [1.54, 1.807) is 18.2 Å². The Morgan fingerprint density at radius 1 is 0.645 bits per heavy atom. The molecule has 3 heteroatoms. The van der Waals surface area contributed by atoms with Gasteiger partial charge >= 0.3 is 0 Å². The average Bonchev–Trinajstić information content (AvgIpc) is 3.30. The first-order valence-electron chi connectivity index (χ1n) is 13.6. The summed E-state index contributed by atoms with van der Waals surface area (Å²) in [7, 11) is 0. The zero-order valence-corrected chi connectivity index (χ0v) is 19.8. The lowest BCUT2D eigenvalue weighted by molar-refractivity contribution is 0.392. The molecule has 3 aromatic rings. The molecule has 0 N–H and O–H groups in total. The van der Waals surface area contributed by atoms with Crippen LogP contribution in [0.4, 0.5) is 17.1 Å². The molecule has 0 unspecified atom stereocenters. The van der Waals surface area contributed by atoms with Crippen LogP contribution in [0.1, 0.15) is 58.2 Å². The Labute approximate surface area is 204 Å². The fourth-order valence-corrected chi connectivity index (χ4v) is 5.34. The second-order valence-corrected chi connectivity index (χ2v) is 11.2. The van der Waals surface area contributed by atoms with Crippen LogP contribution in [0.5, 0.6) is 0 Å². The van der Waals surface area contributed by atoms with E-state index in [1.807, 2.05) is 0 Å². The van der Waals surface area contributed by atoms with Gasteiger partial charge in [-0.1, -0.05) is 63.0 Å². The molecule has 5 rings (SSSR count). The van der Waals surface area contributed by atoms with E-state index in [1.165, 1.54) is 4.90 Å². The second-order valence-electron chi connectivity index (χ2n) is 10.4. The third kappa shape index (κ3) is 4.11. The summed E-state index contributed by atoms with van der Waals surface area (Å²) in [5.74, 6) is 0. The maximum absolute atomic E-state index is 9.21. The van der Waals surface area contributed by atoms with Crippen LogP contribution in [-0.2, 0) is 25.7 Å². The maximum Gasteiger partial charge on any atom is 0.0648 e. The lowest BCUT2D eigenvalue weighted by Crippen LogP contribution is -2.11. The number of halogens is 2. The minimum atomic E-state index is -0.149. The molecule has 2 aliphatic rings. The van der Waals surface area contributed by atoms with Gasteiger partial charge < -0.3 is 4.90 Å². The van der Waals surface area contributed by atoms with E-state index in [4.69, 9.17) is 28.7 Å². The molecule has 0 atom stereocenters. The highest BCUT2D eigenvalue weighted by molar-refractivity contribution is 6.35. The number of hydrogen-bond donors (Lipinski definition) is 0. The van der Waals surface area contributed by atoms with Crippen LogP contribution < -0.4 is 4.90 Å². The van der Waals surface area contributed by atoms with Crippen LogP contribution in [0.2, 0.25) is 10.0 Å². The van der Waals surface area contributed by atoms with Crippen molar-refractivity contribution in [3.05, 3.63) is 86.8 Å². The fourth-order valence-electron chi connectivity index (χ4n) is 4.82. The molecule has 0 saturated carbocycles. The van der Waals surface area contributed by atoms with Gasteiger partial charge in [-0.15, -0.1) is 0 Å². The monoisotopic (exact) mass is 455 g/mol. The molecule has 0 aromatic heterocycles. The Morgan fingerprint density at radius 3 is 1.52 bits per heavy atom. The van der Waals surface area contributed by atoms with E-state index in [2.05, 4.69) is 27.7 Å². The van der Waals surface area contributed by atoms with Crippen molar-refractivity contribution in [1.82, 2.24) is 0 Å². The molecule has 2 aliphatic carbocycles. The molecule has 0 heterocycles. The lowest BCUT2D eigenvalue weighted by Gasteiger charge is -2.27. The van der Waals surface area contributed by atoms with Crippen molar-refractivity contribution in [2.75, 3.05) is 4.90 Å². The van der Waals surface area contributed by atoms with E-state index in [0.29, 0.717) is 63.7 Å². The van der Waals surface area contributed by atoms with Crippen molar-refractivity contribution >= 4 is 40.3 Å². The smallest absolute Gasteiger partial charge is 0.0648 e. The van der Waals surface area contributed by atoms with Crippen molar-refractivity contribution in [1.29, 1.82) is 0 Å². The summed E-state index contributed by atoms with van der Waals surface area (Å²) in [6.45, 7) is 8.34. The summed E-state index contributed by atoms with van der Waals surface area (Å²) in [4.78, 5) is 1.50. The Morgan fingerprint density at radius 2 is 1.06 bits per heavy atom. The molecule has 0 radical (unpaired) electrons. The van der Waals surface area contributed by atoms with E-state index in [0.717, 1.165) is 0 Å². The number of rotatable bonds is 3. The molecule has 0 spiro atoms. The summed E-state index contributed by atoms with van der Waals surface area (Å²) in [6, 6.07) is 4.81. The van der Waals surface area contributed by atoms with Crippen molar-refractivity contribution in [2.45, 2.75) is 53.4 Å². The number of benzene rings is 3. The van der Waals surface area contributed by atoms with Gasteiger partial charge in [0.25, 0.3) is 0 Å². The predicted octanol–water partition coefficient (Wildman–Crippen LogP) is 8.71. The molecule has 3 aromatic carbocycles. The van der Waals surface area contributed by atoms with Crippen molar-refractivity contribution < 1.29 is 8.22 Å². The van der Waals surface area contributed by atoms with Crippen molar-refractivity contribution in [3.63, 3.8) is 0 Å². The standard InChI is InChI=1S/C28H29Cl2N/c1-27(2)14-18-5-7-24(9-20(18)16-27)31(26-12-22(29)11-23(30)13-26)25-8-6-19-15-28(3,4)17-21(19)10-25/h5-13H,14-17H2,1-4H3/i5D,6D,7D,8D,9D,10D. The normalized spacial score (nSPS) is 20.7. The Bertz CT molecular complexity index is 1380. The summed E-state index contributed by atoms with van der Waals surface area (Å²) in [6.07, 6.45) is 2.41. The van der Waals surface area contributed by atoms with Crippen LogP contribution in [0.3, 0.4) is 0 Å². The van der Waals surface area contributed by atoms with Gasteiger partial charge in [-0.2, -0.15) is 0 Å². The molecule has 0 amide bonds. The van der Waals surface area contributed by atoms with Crippen LogP contribution in [0.15, 0.2) is 54.5 Å². The van der Waals surface area contributed by atoms with Gasteiger partial charge in [-0.3, -0.25) is 0 Å². The molecular weight excluding hydrogens is 421 g/mol. The number of anilines is 3. The molecule has 1 nitrogen and oxygen atoms in total. The molecule has 31 heavy (non-hydrogen) atoms. The highest BCUT2D eigenvalue weighted by Crippen LogP contribution is 2.44. The van der Waals surface area contributed by atoms with Crippen LogP contribution in [0.25, 0.3) is 0 Å². The highest BCUT2D eigenvalue weighted by Gasteiger charge is 2.31. The zero-order chi connectivity index (χ0) is 27.2. The summed E-state index contributed by atoms with van der Waals surface area (Å²) in [5.41, 5.74) is 3.17. The predicted molar refractivity (Wildman–Crippen MR) is 134 cm³/mol. The largest absolute Gasteiger partial charge is 0.310 e. The zero-order valence-electron chi connectivity index (χ0n) is 24.3. The third-order valence-corrected chi connectivity index (χ3v) is 6.54.